The second kappa shape index (κ2) is 16.6. The Morgan fingerprint density at radius 2 is 1.88 bits per heavy atom. The Balaban J connectivity index is 1.50. The van der Waals surface area contributed by atoms with E-state index in [0.29, 0.717) is 23.3 Å². The zero-order valence-electron chi connectivity index (χ0n) is 27.2. The number of carbonyl (C=O) groups is 2. The molecule has 19 heteroatoms. The van der Waals surface area contributed by atoms with Crippen LogP contribution in [0.15, 0.2) is 53.7 Å². The maximum atomic E-state index is 13.6. The van der Waals surface area contributed by atoms with Gasteiger partial charge in [-0.15, -0.1) is 0 Å². The second-order valence-electron chi connectivity index (χ2n) is 12.2. The molecule has 17 nitrogen and oxygen atoms in total. The molecule has 3 heterocycles. The zero-order valence-corrected chi connectivity index (χ0v) is 28.9. The molecule has 1 amide bonds. The van der Waals surface area contributed by atoms with E-state index in [4.69, 9.17) is 24.1 Å². The number of hydrogen-bond donors (Lipinski definition) is 4. The largest absolute Gasteiger partial charge is 0.619 e. The molecule has 272 valence electrons. The number of benzene rings is 1. The lowest BCUT2D eigenvalue weighted by Gasteiger charge is -2.30. The highest BCUT2D eigenvalue weighted by Gasteiger charge is 2.44. The van der Waals surface area contributed by atoms with Gasteiger partial charge >= 0.3 is 19.7 Å². The van der Waals surface area contributed by atoms with E-state index in [-0.39, 0.29) is 42.1 Å². The summed E-state index contributed by atoms with van der Waals surface area (Å²) in [5.74, 6) is -1.57. The number of hydrogen-bond acceptors (Lipinski definition) is 12. The van der Waals surface area contributed by atoms with Crippen LogP contribution in [-0.2, 0) is 44.5 Å². The van der Waals surface area contributed by atoms with E-state index in [0.717, 1.165) is 23.6 Å². The molecule has 0 saturated carbocycles. The summed E-state index contributed by atoms with van der Waals surface area (Å²) in [6.45, 7) is 4.86. The number of sulfonamides is 1. The number of rotatable bonds is 17. The first-order valence-corrected chi connectivity index (χ1v) is 18.8. The Morgan fingerprint density at radius 1 is 1.16 bits per heavy atom. The van der Waals surface area contributed by atoms with E-state index in [1.165, 1.54) is 24.3 Å². The molecule has 4 N–H and O–H groups in total. The minimum atomic E-state index is -4.40. The molecule has 2 aliphatic rings. The van der Waals surface area contributed by atoms with E-state index >= 15 is 0 Å². The third-order valence-electron chi connectivity index (χ3n) is 7.80. The number of fused-ring (bicyclic) bond motifs is 1. The van der Waals surface area contributed by atoms with Gasteiger partial charge < -0.3 is 44.6 Å². The molecule has 2 saturated heterocycles. The van der Waals surface area contributed by atoms with E-state index in [2.05, 4.69) is 9.84 Å². The van der Waals surface area contributed by atoms with Gasteiger partial charge in [0.15, 0.2) is 31.1 Å². The number of amides is 1. The van der Waals surface area contributed by atoms with Gasteiger partial charge in [0.25, 0.3) is 0 Å². The van der Waals surface area contributed by atoms with Crippen molar-refractivity contribution in [1.82, 2.24) is 9.62 Å². The van der Waals surface area contributed by atoms with Gasteiger partial charge in [-0.25, -0.2) is 18.0 Å². The predicted molar refractivity (Wildman–Crippen MR) is 170 cm³/mol. The fraction of sp³-hybridized carbons (Fsp3) is 0.567. The van der Waals surface area contributed by atoms with Crippen LogP contribution in [-0.4, -0.2) is 103 Å². The van der Waals surface area contributed by atoms with Crippen LogP contribution in [0.2, 0.25) is 0 Å². The molecule has 4 rings (SSSR count). The molecule has 7 atom stereocenters. The van der Waals surface area contributed by atoms with Crippen molar-refractivity contribution in [3.05, 3.63) is 59.6 Å². The van der Waals surface area contributed by atoms with E-state index in [9.17, 15) is 37.8 Å². The highest BCUT2D eigenvalue weighted by Crippen LogP contribution is 2.43. The Morgan fingerprint density at radius 3 is 2.53 bits per heavy atom. The number of carbonyl (C=O) groups excluding carboxylic acids is 1. The van der Waals surface area contributed by atoms with Gasteiger partial charge in [0.1, 0.15) is 16.7 Å². The molecule has 0 radical (unpaired) electrons. The normalized spacial score (nSPS) is 22.2. The van der Waals surface area contributed by atoms with Crippen molar-refractivity contribution in [2.75, 3.05) is 32.7 Å². The Bertz CT molecular complexity index is 1590. The average molecular weight is 732 g/mol. The fourth-order valence-corrected chi connectivity index (χ4v) is 7.94. The predicted octanol–water partition coefficient (Wildman–Crippen LogP) is 1.44. The van der Waals surface area contributed by atoms with Gasteiger partial charge in [-0.05, 0) is 49.4 Å². The molecule has 0 aliphatic carbocycles. The third-order valence-corrected chi connectivity index (χ3v) is 10.7. The fourth-order valence-electron chi connectivity index (χ4n) is 5.36. The van der Waals surface area contributed by atoms with Crippen LogP contribution >= 0.6 is 7.60 Å². The summed E-state index contributed by atoms with van der Waals surface area (Å²) in [6.07, 6.45) is -3.00. The highest BCUT2D eigenvalue weighted by molar-refractivity contribution is 7.89. The number of pyridine rings is 1. The topological polar surface area (TPSA) is 234 Å². The number of ether oxygens (including phenoxy) is 4. The smallest absolute Gasteiger partial charge is 0.407 e. The molecular formula is C30H42N3O14PS. The van der Waals surface area contributed by atoms with Gasteiger partial charge in [0, 0.05) is 19.2 Å². The van der Waals surface area contributed by atoms with Crippen LogP contribution in [0, 0.1) is 17.0 Å². The van der Waals surface area contributed by atoms with Crippen LogP contribution in [0.1, 0.15) is 32.8 Å². The van der Waals surface area contributed by atoms with Gasteiger partial charge in [0.05, 0.1) is 31.3 Å². The molecule has 1 unspecified atom stereocenters. The molecule has 2 aromatic rings. The molecule has 0 spiro atoms. The number of nitrogens with zero attached hydrogens (tertiary/aromatic N) is 2. The van der Waals surface area contributed by atoms with Crippen molar-refractivity contribution in [2.45, 2.75) is 69.2 Å². The summed E-state index contributed by atoms with van der Waals surface area (Å²) in [5.41, 5.74) is 0.557. The quantitative estimate of drug-likeness (QED) is 0.102. The summed E-state index contributed by atoms with van der Waals surface area (Å²) in [4.78, 5) is 33.7. The van der Waals surface area contributed by atoms with E-state index < -0.39 is 73.2 Å². The minimum Gasteiger partial charge on any atom is -0.619 e. The maximum absolute atomic E-state index is 13.6. The average Bonchev–Trinajstić information content (AvgIpc) is 3.65. The van der Waals surface area contributed by atoms with Crippen molar-refractivity contribution in [3.63, 3.8) is 0 Å². The summed E-state index contributed by atoms with van der Waals surface area (Å²) >= 11 is 0. The maximum Gasteiger partial charge on any atom is 0.407 e. The number of nitrogens with one attached hydrogen (secondary N) is 1. The molecule has 0 bridgehead atoms. The number of carboxylic acid groups (broad SMARTS) is 1. The molecule has 1 aromatic heterocycles. The molecule has 49 heavy (non-hydrogen) atoms. The van der Waals surface area contributed by atoms with E-state index in [1.54, 1.807) is 26.0 Å². The number of carboxylic acids is 1. The van der Waals surface area contributed by atoms with E-state index in [1.807, 2.05) is 0 Å². The van der Waals surface area contributed by atoms with Crippen molar-refractivity contribution in [2.24, 2.45) is 11.8 Å². The summed E-state index contributed by atoms with van der Waals surface area (Å²) in [7, 11) is -8.64. The van der Waals surface area contributed by atoms with Gasteiger partial charge in [-0.1, -0.05) is 26.0 Å². The molecule has 2 aliphatic heterocycles. The number of alkyl carbamates (subject to hydrolysis) is 1. The molecular weight excluding hydrogens is 689 g/mol. The monoisotopic (exact) mass is 731 g/mol. The molecule has 1 aromatic carbocycles. The van der Waals surface area contributed by atoms with Crippen molar-refractivity contribution in [3.8, 4) is 5.75 Å². The van der Waals surface area contributed by atoms with Gasteiger partial charge in [-0.3, -0.25) is 9.09 Å². The van der Waals surface area contributed by atoms with Crippen molar-refractivity contribution >= 4 is 29.7 Å². The van der Waals surface area contributed by atoms with Gasteiger partial charge in [-0.2, -0.15) is 9.04 Å². The number of aliphatic hydroxyl groups excluding tert-OH is 1. The van der Waals surface area contributed by atoms with Crippen LogP contribution in [0.5, 0.6) is 5.75 Å². The second-order valence-corrected chi connectivity index (χ2v) is 15.9. The number of aromatic nitrogens is 1. The van der Waals surface area contributed by atoms with Gasteiger partial charge in [0.2, 0.25) is 10.0 Å². The summed E-state index contributed by atoms with van der Waals surface area (Å²) in [5, 5.41) is 34.9. The highest BCUT2D eigenvalue weighted by atomic mass is 32.2. The van der Waals surface area contributed by atoms with Crippen molar-refractivity contribution < 1.29 is 65.9 Å². The first-order valence-electron chi connectivity index (χ1n) is 15.6. The first kappa shape index (κ1) is 38.5. The third kappa shape index (κ3) is 10.8. The summed E-state index contributed by atoms with van der Waals surface area (Å²) in [6, 6.07) is 7.54. The lowest BCUT2D eigenvalue weighted by atomic mass is 10.0. The van der Waals surface area contributed by atoms with Crippen LogP contribution < -0.4 is 14.8 Å². The first-order chi connectivity index (χ1) is 23.0. The molecule has 2 fully saturated rings. The lowest BCUT2D eigenvalue weighted by Crippen LogP contribution is -2.51. The Hall–Kier alpha value is -3.35. The van der Waals surface area contributed by atoms with Crippen LogP contribution in [0.4, 0.5) is 4.79 Å². The van der Waals surface area contributed by atoms with Crippen LogP contribution in [0.3, 0.4) is 0 Å². The lowest BCUT2D eigenvalue weighted by molar-refractivity contribution is -0.607. The zero-order chi connectivity index (χ0) is 35.9. The Labute approximate surface area is 283 Å². The standard InChI is InChI=1S/C30H42N3O14PS/c1-19(2)14-33(49(41,42)23-5-4-11-32(38)15-23)16-26(34)25(31-30(37)46-27-17-44-29-24(27)10-12-43-29)13-21-6-8-22(9-7-21)45-18-48(39,40)47-20(3)28(35)36/h4-9,11,15,19-20,24-27,29,34H,10,12-14,16-18H2,1-3H3,(H,31,37)(H,35,36)(H,39,40)/t20-,24-,25-,26+,27-,29+/m0/s1. The SMILES string of the molecule is CC(C)CN(C[C@@H](O)[C@H](Cc1ccc(OCP(=O)(O)O[C@@H](C)C(=O)O)cc1)NC(=O)O[C@H]1CO[C@H]2OCC[C@H]21)S(=O)(=O)c1ccc[n+]([O-])c1. The van der Waals surface area contributed by atoms with Crippen molar-refractivity contribution in [1.29, 1.82) is 0 Å². The number of aliphatic hydroxyl groups is 1. The Kier molecular flexibility index (Phi) is 13.0. The number of aliphatic carboxylic acids is 1. The minimum absolute atomic E-state index is 0.00248. The summed E-state index contributed by atoms with van der Waals surface area (Å²) < 4.78 is 67.5. The van der Waals surface area contributed by atoms with Crippen LogP contribution in [0.25, 0.3) is 0 Å².